The summed E-state index contributed by atoms with van der Waals surface area (Å²) in [6, 6.07) is 26.1. The average molecular weight is 293 g/mol. The van der Waals surface area contributed by atoms with Crippen molar-refractivity contribution in [3.63, 3.8) is 0 Å². The van der Waals surface area contributed by atoms with Crippen molar-refractivity contribution in [2.45, 2.75) is 4.90 Å². The molecule has 0 spiro atoms. The Morgan fingerprint density at radius 1 is 0.619 bits per heavy atom. The van der Waals surface area contributed by atoms with Gasteiger partial charge in [0.1, 0.15) is 11.0 Å². The molecule has 0 saturated heterocycles. The number of hydrogen-bond donors (Lipinski definition) is 1. The molecule has 0 radical (unpaired) electrons. The van der Waals surface area contributed by atoms with Crippen LogP contribution in [0.4, 0.5) is 0 Å². The lowest BCUT2D eigenvalue weighted by molar-refractivity contribution is 0.684. The van der Waals surface area contributed by atoms with Gasteiger partial charge in [0.2, 0.25) is 0 Å². The summed E-state index contributed by atoms with van der Waals surface area (Å²) in [4.78, 5) is 0.635. The lowest BCUT2D eigenvalue weighted by Gasteiger charge is -2.10. The van der Waals surface area contributed by atoms with Gasteiger partial charge in [0.05, 0.1) is 4.90 Å². The summed E-state index contributed by atoms with van der Waals surface area (Å²) in [5.41, 5.74) is 4.60. The Morgan fingerprint density at radius 2 is 1.10 bits per heavy atom. The molecule has 0 saturated carbocycles. The lowest BCUT2D eigenvalue weighted by atomic mass is 9.95. The van der Waals surface area contributed by atoms with E-state index in [-0.39, 0.29) is 0 Å². The van der Waals surface area contributed by atoms with Crippen LogP contribution in [0.3, 0.4) is 0 Å². The molecule has 0 amide bonds. The third kappa shape index (κ3) is 2.94. The molecule has 104 valence electrons. The molecule has 2 N–H and O–H groups in total. The van der Waals surface area contributed by atoms with E-state index >= 15 is 0 Å². The highest BCUT2D eigenvalue weighted by Crippen LogP contribution is 2.31. The van der Waals surface area contributed by atoms with Crippen LogP contribution >= 0.6 is 0 Å². The normalized spacial score (nSPS) is 12.0. The van der Waals surface area contributed by atoms with E-state index in [2.05, 4.69) is 24.3 Å². The van der Waals surface area contributed by atoms with Crippen molar-refractivity contribution >= 4 is 11.0 Å². The number of benzene rings is 3. The maximum Gasteiger partial charge on any atom is 0.122 e. The maximum atomic E-state index is 11.3. The summed E-state index contributed by atoms with van der Waals surface area (Å²) in [6.07, 6.45) is 0. The Balaban J connectivity index is 2.09. The first-order valence-electron chi connectivity index (χ1n) is 6.67. The lowest BCUT2D eigenvalue weighted by Crippen LogP contribution is -2.01. The van der Waals surface area contributed by atoms with Gasteiger partial charge < -0.3 is 0 Å². The molecule has 3 heteroatoms. The van der Waals surface area contributed by atoms with Gasteiger partial charge in [0.25, 0.3) is 0 Å². The summed E-state index contributed by atoms with van der Waals surface area (Å²) in [5.74, 6) is 0. The van der Waals surface area contributed by atoms with Crippen molar-refractivity contribution in [3.8, 4) is 22.3 Å². The molecule has 21 heavy (non-hydrogen) atoms. The fraction of sp³-hybridized carbons (Fsp3) is 0. The summed E-state index contributed by atoms with van der Waals surface area (Å²) >= 11 is 0. The Morgan fingerprint density at radius 3 is 1.62 bits per heavy atom. The van der Waals surface area contributed by atoms with Crippen LogP contribution in [-0.2, 0) is 11.0 Å². The van der Waals surface area contributed by atoms with E-state index in [0.29, 0.717) is 4.90 Å². The predicted molar refractivity (Wildman–Crippen MR) is 87.9 cm³/mol. The fourth-order valence-corrected chi connectivity index (χ4v) is 2.78. The molecule has 0 aliphatic rings. The van der Waals surface area contributed by atoms with Gasteiger partial charge in [-0.25, -0.2) is 9.35 Å². The van der Waals surface area contributed by atoms with Crippen LogP contribution in [-0.4, -0.2) is 4.21 Å². The summed E-state index contributed by atoms with van der Waals surface area (Å²) in [7, 11) is -1.43. The standard InChI is InChI=1S/C18H15NOS/c19-21(20)16-12-10-15(11-13-16)18-9-5-4-8-17(18)14-6-2-1-3-7-14/h1-13H,19H2. The Bertz CT molecular complexity index is 767. The third-order valence-corrected chi connectivity index (χ3v) is 4.15. The van der Waals surface area contributed by atoms with Crippen molar-refractivity contribution in [2.24, 2.45) is 5.14 Å². The van der Waals surface area contributed by atoms with Gasteiger partial charge in [0, 0.05) is 0 Å². The van der Waals surface area contributed by atoms with E-state index in [0.717, 1.165) is 11.1 Å². The molecule has 0 aromatic heterocycles. The SMILES string of the molecule is NS(=O)c1ccc(-c2ccccc2-c2ccccc2)cc1. The predicted octanol–water partition coefficient (Wildman–Crippen LogP) is 4.00. The molecule has 0 aliphatic heterocycles. The third-order valence-electron chi connectivity index (χ3n) is 3.41. The van der Waals surface area contributed by atoms with Crippen molar-refractivity contribution in [1.29, 1.82) is 0 Å². The van der Waals surface area contributed by atoms with Crippen molar-refractivity contribution in [1.82, 2.24) is 0 Å². The molecule has 0 heterocycles. The summed E-state index contributed by atoms with van der Waals surface area (Å²) < 4.78 is 11.3. The van der Waals surface area contributed by atoms with Gasteiger partial charge in [-0.15, -0.1) is 0 Å². The molecule has 2 nitrogen and oxygen atoms in total. The quantitative estimate of drug-likeness (QED) is 0.779. The van der Waals surface area contributed by atoms with Crippen LogP contribution in [0.2, 0.25) is 0 Å². The second-order valence-electron chi connectivity index (χ2n) is 4.73. The molecule has 1 atom stereocenters. The second-order valence-corrected chi connectivity index (χ2v) is 5.80. The monoisotopic (exact) mass is 293 g/mol. The first kappa shape index (κ1) is 13.7. The van der Waals surface area contributed by atoms with Crippen molar-refractivity contribution in [3.05, 3.63) is 78.9 Å². The maximum absolute atomic E-state index is 11.3. The second kappa shape index (κ2) is 6.04. The first-order valence-corrected chi connectivity index (χ1v) is 7.88. The van der Waals surface area contributed by atoms with Crippen LogP contribution in [0.25, 0.3) is 22.3 Å². The van der Waals surface area contributed by atoms with E-state index in [4.69, 9.17) is 5.14 Å². The zero-order valence-electron chi connectivity index (χ0n) is 11.4. The van der Waals surface area contributed by atoms with Crippen molar-refractivity contribution < 1.29 is 4.21 Å². The highest BCUT2D eigenvalue weighted by atomic mass is 32.2. The van der Waals surface area contributed by atoms with E-state index < -0.39 is 11.0 Å². The van der Waals surface area contributed by atoms with Crippen LogP contribution < -0.4 is 5.14 Å². The van der Waals surface area contributed by atoms with E-state index in [1.54, 1.807) is 0 Å². The van der Waals surface area contributed by atoms with Crippen LogP contribution in [0.5, 0.6) is 0 Å². The minimum atomic E-state index is -1.43. The molecule has 3 aromatic carbocycles. The highest BCUT2D eigenvalue weighted by Gasteiger charge is 2.07. The Kier molecular flexibility index (Phi) is 3.95. The van der Waals surface area contributed by atoms with Gasteiger partial charge in [0.15, 0.2) is 0 Å². The van der Waals surface area contributed by atoms with E-state index in [9.17, 15) is 4.21 Å². The topological polar surface area (TPSA) is 43.1 Å². The number of rotatable bonds is 3. The molecule has 3 rings (SSSR count). The van der Waals surface area contributed by atoms with Crippen LogP contribution in [0, 0.1) is 0 Å². The van der Waals surface area contributed by atoms with Gasteiger partial charge in [-0.3, -0.25) is 0 Å². The minimum Gasteiger partial charge on any atom is -0.248 e. The Labute approximate surface area is 126 Å². The largest absolute Gasteiger partial charge is 0.248 e. The summed E-state index contributed by atoms with van der Waals surface area (Å²) in [5, 5.41) is 5.40. The van der Waals surface area contributed by atoms with E-state index in [1.165, 1.54) is 11.1 Å². The van der Waals surface area contributed by atoms with Gasteiger partial charge >= 0.3 is 0 Å². The molecular formula is C18H15NOS. The molecule has 0 bridgehead atoms. The van der Waals surface area contributed by atoms with Gasteiger partial charge in [-0.05, 0) is 34.4 Å². The van der Waals surface area contributed by atoms with Crippen molar-refractivity contribution in [2.75, 3.05) is 0 Å². The van der Waals surface area contributed by atoms with Gasteiger partial charge in [-0.2, -0.15) is 0 Å². The zero-order valence-corrected chi connectivity index (χ0v) is 12.2. The molecule has 0 aliphatic carbocycles. The molecular weight excluding hydrogens is 278 g/mol. The highest BCUT2D eigenvalue weighted by molar-refractivity contribution is 7.82. The average Bonchev–Trinajstić information content (AvgIpc) is 2.56. The zero-order chi connectivity index (χ0) is 14.7. The molecule has 3 aromatic rings. The molecule has 0 fully saturated rings. The fourth-order valence-electron chi connectivity index (χ4n) is 2.37. The Hall–Kier alpha value is -2.23. The van der Waals surface area contributed by atoms with Gasteiger partial charge in [-0.1, -0.05) is 66.7 Å². The smallest absolute Gasteiger partial charge is 0.122 e. The molecule has 1 unspecified atom stereocenters. The van der Waals surface area contributed by atoms with Crippen LogP contribution in [0.1, 0.15) is 0 Å². The number of hydrogen-bond acceptors (Lipinski definition) is 1. The first-order chi connectivity index (χ1) is 10.3. The van der Waals surface area contributed by atoms with Crippen LogP contribution in [0.15, 0.2) is 83.8 Å². The number of nitrogens with two attached hydrogens (primary N) is 1. The van der Waals surface area contributed by atoms with E-state index in [1.807, 2.05) is 54.6 Å². The summed E-state index contributed by atoms with van der Waals surface area (Å²) in [6.45, 7) is 0. The minimum absolute atomic E-state index is 0.635.